The van der Waals surface area contributed by atoms with Gasteiger partial charge in [-0.2, -0.15) is 0 Å². The molecule has 2 aromatic rings. The van der Waals surface area contributed by atoms with Crippen molar-refractivity contribution in [3.8, 4) is 5.75 Å². The number of rotatable bonds is 6. The van der Waals surface area contributed by atoms with Crippen molar-refractivity contribution in [2.24, 2.45) is 0 Å². The Bertz CT molecular complexity index is 715. The highest BCUT2D eigenvalue weighted by Gasteiger charge is 2.21. The molecule has 0 fully saturated rings. The van der Waals surface area contributed by atoms with E-state index < -0.39 is 12.1 Å². The summed E-state index contributed by atoms with van der Waals surface area (Å²) in [5.74, 6) is -0.316. The Morgan fingerprint density at radius 1 is 1.12 bits per heavy atom. The van der Waals surface area contributed by atoms with Crippen LogP contribution >= 0.6 is 11.6 Å². The van der Waals surface area contributed by atoms with E-state index in [1.807, 2.05) is 6.92 Å². The van der Waals surface area contributed by atoms with E-state index in [-0.39, 0.29) is 11.5 Å². The number of nitrogens with one attached hydrogen (secondary N) is 1. The predicted octanol–water partition coefficient (Wildman–Crippen LogP) is 3.92. The van der Waals surface area contributed by atoms with E-state index in [0.29, 0.717) is 22.9 Å². The Morgan fingerprint density at radius 3 is 2.42 bits per heavy atom. The lowest BCUT2D eigenvalue weighted by atomic mass is 10.1. The molecule has 0 saturated carbocycles. The van der Waals surface area contributed by atoms with Crippen molar-refractivity contribution < 1.29 is 19.1 Å². The largest absolute Gasteiger partial charge is 0.481 e. The van der Waals surface area contributed by atoms with Crippen molar-refractivity contribution in [1.29, 1.82) is 0 Å². The predicted molar refractivity (Wildman–Crippen MR) is 92.6 cm³/mol. The van der Waals surface area contributed by atoms with Crippen LogP contribution in [0, 0.1) is 0 Å². The van der Waals surface area contributed by atoms with Gasteiger partial charge in [-0.15, -0.1) is 0 Å². The van der Waals surface area contributed by atoms with Crippen LogP contribution in [0.1, 0.15) is 23.7 Å². The molecule has 0 aliphatic rings. The number of esters is 1. The van der Waals surface area contributed by atoms with Crippen molar-refractivity contribution >= 4 is 29.2 Å². The molecule has 1 amide bonds. The van der Waals surface area contributed by atoms with Gasteiger partial charge in [-0.1, -0.05) is 30.7 Å². The second-order valence-corrected chi connectivity index (χ2v) is 5.43. The van der Waals surface area contributed by atoms with Crippen LogP contribution in [0.4, 0.5) is 5.69 Å². The summed E-state index contributed by atoms with van der Waals surface area (Å²) in [5.41, 5.74) is 0.669. The fraction of sp³-hybridized carbons (Fsp3) is 0.222. The quantitative estimate of drug-likeness (QED) is 0.804. The van der Waals surface area contributed by atoms with E-state index in [9.17, 15) is 9.59 Å². The van der Waals surface area contributed by atoms with E-state index in [2.05, 4.69) is 5.32 Å². The number of anilines is 1. The van der Waals surface area contributed by atoms with Crippen LogP contribution in [0.2, 0.25) is 5.02 Å². The van der Waals surface area contributed by atoms with Crippen molar-refractivity contribution in [3.63, 3.8) is 0 Å². The number of benzene rings is 2. The van der Waals surface area contributed by atoms with E-state index in [4.69, 9.17) is 21.1 Å². The molecule has 6 heteroatoms. The van der Waals surface area contributed by atoms with Crippen LogP contribution < -0.4 is 10.1 Å². The third kappa shape index (κ3) is 4.49. The molecule has 1 atom stereocenters. The van der Waals surface area contributed by atoms with Gasteiger partial charge in [0.25, 0.3) is 5.91 Å². The van der Waals surface area contributed by atoms with Crippen LogP contribution in [0.3, 0.4) is 0 Å². The number of methoxy groups -OCH3 is 1. The maximum absolute atomic E-state index is 12.5. The summed E-state index contributed by atoms with van der Waals surface area (Å²) in [5, 5.41) is 3.31. The zero-order valence-electron chi connectivity index (χ0n) is 13.4. The maximum Gasteiger partial charge on any atom is 0.339 e. The molecule has 0 saturated heterocycles. The molecular weight excluding hydrogens is 330 g/mol. The molecule has 0 unspecified atom stereocenters. The average Bonchev–Trinajstić information content (AvgIpc) is 2.61. The molecule has 24 heavy (non-hydrogen) atoms. The summed E-state index contributed by atoms with van der Waals surface area (Å²) in [4.78, 5) is 24.2. The Labute approximate surface area is 145 Å². The second kappa shape index (κ2) is 8.36. The molecule has 2 rings (SSSR count). The summed E-state index contributed by atoms with van der Waals surface area (Å²) in [6, 6.07) is 13.4. The lowest BCUT2D eigenvalue weighted by Crippen LogP contribution is -2.32. The number of amides is 1. The van der Waals surface area contributed by atoms with Gasteiger partial charge in [0.05, 0.1) is 18.4 Å². The summed E-state index contributed by atoms with van der Waals surface area (Å²) in [6.45, 7) is 1.84. The molecule has 2 aromatic carbocycles. The minimum Gasteiger partial charge on any atom is -0.481 e. The smallest absolute Gasteiger partial charge is 0.339 e. The fourth-order valence-electron chi connectivity index (χ4n) is 2.09. The SMILES string of the molecule is CC[C@@H](Oc1ccc(Cl)cc1)C(=O)Nc1ccccc1C(=O)OC. The van der Waals surface area contributed by atoms with Gasteiger partial charge in [0.15, 0.2) is 6.10 Å². The maximum atomic E-state index is 12.5. The van der Waals surface area contributed by atoms with Gasteiger partial charge in [0.2, 0.25) is 0 Å². The van der Waals surface area contributed by atoms with Crippen LogP contribution in [-0.2, 0) is 9.53 Å². The van der Waals surface area contributed by atoms with Gasteiger partial charge >= 0.3 is 5.97 Å². The molecule has 1 N–H and O–H groups in total. The van der Waals surface area contributed by atoms with Crippen LogP contribution in [-0.4, -0.2) is 25.1 Å². The highest BCUT2D eigenvalue weighted by Crippen LogP contribution is 2.20. The molecule has 0 heterocycles. The number of halogens is 1. The molecule has 0 bridgehead atoms. The van der Waals surface area contributed by atoms with Crippen LogP contribution in [0.15, 0.2) is 48.5 Å². The first-order valence-electron chi connectivity index (χ1n) is 7.45. The highest BCUT2D eigenvalue weighted by atomic mass is 35.5. The van der Waals surface area contributed by atoms with Crippen molar-refractivity contribution in [2.75, 3.05) is 12.4 Å². The standard InChI is InChI=1S/C18H18ClNO4/c1-3-16(24-13-10-8-12(19)9-11-13)17(21)20-15-7-5-4-6-14(15)18(22)23-2/h4-11,16H,3H2,1-2H3,(H,20,21)/t16-/m1/s1. The Hall–Kier alpha value is -2.53. The first-order valence-corrected chi connectivity index (χ1v) is 7.83. The lowest BCUT2D eigenvalue weighted by Gasteiger charge is -2.18. The van der Waals surface area contributed by atoms with Gasteiger partial charge in [-0.3, -0.25) is 4.79 Å². The Morgan fingerprint density at radius 2 is 1.79 bits per heavy atom. The van der Waals surface area contributed by atoms with Gasteiger partial charge in [0, 0.05) is 5.02 Å². The summed E-state index contributed by atoms with van der Waals surface area (Å²) >= 11 is 5.83. The minimum atomic E-state index is -0.697. The van der Waals surface area contributed by atoms with E-state index in [0.717, 1.165) is 0 Å². The van der Waals surface area contributed by atoms with Crippen LogP contribution in [0.25, 0.3) is 0 Å². The van der Waals surface area contributed by atoms with Gasteiger partial charge < -0.3 is 14.8 Å². The molecule has 5 nitrogen and oxygen atoms in total. The molecule has 0 aliphatic heterocycles. The van der Waals surface area contributed by atoms with E-state index in [1.54, 1.807) is 48.5 Å². The first-order chi connectivity index (χ1) is 11.5. The normalized spacial score (nSPS) is 11.5. The first kappa shape index (κ1) is 17.8. The van der Waals surface area contributed by atoms with Crippen LogP contribution in [0.5, 0.6) is 5.75 Å². The average molecular weight is 348 g/mol. The van der Waals surface area contributed by atoms with Crippen molar-refractivity contribution in [3.05, 3.63) is 59.1 Å². The van der Waals surface area contributed by atoms with Gasteiger partial charge in [0.1, 0.15) is 5.75 Å². The number of hydrogen-bond donors (Lipinski definition) is 1. The molecule has 0 spiro atoms. The number of ether oxygens (including phenoxy) is 2. The van der Waals surface area contributed by atoms with Crippen molar-refractivity contribution in [1.82, 2.24) is 0 Å². The molecule has 0 radical (unpaired) electrons. The molecular formula is C18H18ClNO4. The summed E-state index contributed by atoms with van der Waals surface area (Å²) in [7, 11) is 1.29. The van der Waals surface area contributed by atoms with E-state index >= 15 is 0 Å². The van der Waals surface area contributed by atoms with E-state index in [1.165, 1.54) is 7.11 Å². The van der Waals surface area contributed by atoms with Crippen molar-refractivity contribution in [2.45, 2.75) is 19.4 Å². The zero-order valence-corrected chi connectivity index (χ0v) is 14.2. The fourth-order valence-corrected chi connectivity index (χ4v) is 2.22. The minimum absolute atomic E-state index is 0.287. The Balaban J connectivity index is 2.12. The third-order valence-electron chi connectivity index (χ3n) is 3.35. The van der Waals surface area contributed by atoms with Gasteiger partial charge in [-0.05, 0) is 42.8 Å². The number of carbonyl (C=O) groups excluding carboxylic acids is 2. The monoisotopic (exact) mass is 347 g/mol. The lowest BCUT2D eigenvalue weighted by molar-refractivity contribution is -0.122. The molecule has 126 valence electrons. The highest BCUT2D eigenvalue weighted by molar-refractivity contribution is 6.30. The Kier molecular flexibility index (Phi) is 6.21. The summed E-state index contributed by atoms with van der Waals surface area (Å²) in [6.07, 6.45) is -0.230. The third-order valence-corrected chi connectivity index (χ3v) is 3.60. The summed E-state index contributed by atoms with van der Waals surface area (Å²) < 4.78 is 10.4. The van der Waals surface area contributed by atoms with Gasteiger partial charge in [-0.25, -0.2) is 4.79 Å². The second-order valence-electron chi connectivity index (χ2n) is 5.00. The number of para-hydroxylation sites is 1. The number of hydrogen-bond acceptors (Lipinski definition) is 4. The molecule has 0 aliphatic carbocycles. The zero-order chi connectivity index (χ0) is 17.5. The topological polar surface area (TPSA) is 64.6 Å². The molecule has 0 aromatic heterocycles. The number of carbonyl (C=O) groups is 2.